The molecule has 3 aromatic heterocycles. The lowest BCUT2D eigenvalue weighted by molar-refractivity contribution is 0.0493. The van der Waals surface area contributed by atoms with Crippen LogP contribution < -0.4 is 10.3 Å². The van der Waals surface area contributed by atoms with Gasteiger partial charge in [-0.15, -0.1) is 0 Å². The Kier molecular flexibility index (Phi) is 8.95. The third-order valence-corrected chi connectivity index (χ3v) is 8.01. The first-order valence-electron chi connectivity index (χ1n) is 12.9. The van der Waals surface area contributed by atoms with Crippen LogP contribution in [0.2, 0.25) is 0 Å². The Balaban J connectivity index is 1.66. The smallest absolute Gasteiger partial charge is 0.339 e. The number of ether oxygens (including phenoxy) is 2. The van der Waals surface area contributed by atoms with E-state index in [4.69, 9.17) is 14.5 Å². The van der Waals surface area contributed by atoms with Crippen molar-refractivity contribution in [3.05, 3.63) is 64.3 Å². The number of sulfonamides is 1. The van der Waals surface area contributed by atoms with E-state index in [0.717, 1.165) is 17.1 Å². The number of benzene rings is 1. The molecule has 0 atom stereocenters. The van der Waals surface area contributed by atoms with Gasteiger partial charge in [-0.25, -0.2) is 18.2 Å². The summed E-state index contributed by atoms with van der Waals surface area (Å²) in [5.41, 5.74) is 1.70. The van der Waals surface area contributed by atoms with Crippen LogP contribution >= 0.6 is 0 Å². The second kappa shape index (κ2) is 12.4. The lowest BCUT2D eigenvalue weighted by Crippen LogP contribution is -2.31. The molecule has 3 heterocycles. The fourth-order valence-corrected chi connectivity index (χ4v) is 5.29. The van der Waals surface area contributed by atoms with E-state index in [1.54, 1.807) is 25.2 Å². The van der Waals surface area contributed by atoms with E-state index < -0.39 is 16.0 Å². The van der Waals surface area contributed by atoms with E-state index in [1.807, 2.05) is 13.8 Å². The van der Waals surface area contributed by atoms with Crippen LogP contribution in [0, 0.1) is 0 Å². The van der Waals surface area contributed by atoms with Crippen molar-refractivity contribution >= 4 is 27.0 Å². The van der Waals surface area contributed by atoms with Crippen LogP contribution in [0.1, 0.15) is 42.7 Å². The van der Waals surface area contributed by atoms with Crippen LogP contribution in [0.4, 0.5) is 0 Å². The van der Waals surface area contributed by atoms with Crippen molar-refractivity contribution in [2.45, 2.75) is 38.0 Å². The second-order valence-corrected chi connectivity index (χ2v) is 11.2. The zero-order valence-electron chi connectivity index (χ0n) is 22.9. The number of hydrogen-bond donors (Lipinski definition) is 1. The molecule has 0 saturated carbocycles. The highest BCUT2D eigenvalue weighted by Crippen LogP contribution is 2.32. The highest BCUT2D eigenvalue weighted by Gasteiger charge is 2.25. The van der Waals surface area contributed by atoms with Crippen molar-refractivity contribution in [1.82, 2.24) is 29.0 Å². The summed E-state index contributed by atoms with van der Waals surface area (Å²) in [4.78, 5) is 36.5. The second-order valence-electron chi connectivity index (χ2n) is 9.14. The normalized spacial score (nSPS) is 11.7. The van der Waals surface area contributed by atoms with Gasteiger partial charge >= 0.3 is 5.97 Å². The van der Waals surface area contributed by atoms with E-state index in [0.29, 0.717) is 41.1 Å². The van der Waals surface area contributed by atoms with Crippen LogP contribution in [0.25, 0.3) is 22.4 Å². The van der Waals surface area contributed by atoms with Gasteiger partial charge in [0.25, 0.3) is 5.56 Å². The summed E-state index contributed by atoms with van der Waals surface area (Å²) in [5.74, 6) is -0.0294. The number of fused-ring (bicyclic) bond motifs is 1. The lowest BCUT2D eigenvalue weighted by Gasteiger charge is -2.19. The molecule has 0 radical (unpaired) electrons. The summed E-state index contributed by atoms with van der Waals surface area (Å²) in [5, 5.41) is 4.45. The quantitative estimate of drug-likeness (QED) is 0.255. The van der Waals surface area contributed by atoms with Crippen molar-refractivity contribution < 1.29 is 22.7 Å². The number of H-pyrrole nitrogens is 1. The number of aryl methyl sites for hydroxylation is 2. The first kappa shape index (κ1) is 28.9. The summed E-state index contributed by atoms with van der Waals surface area (Å²) >= 11 is 0. The monoisotopic (exact) mass is 568 g/mol. The van der Waals surface area contributed by atoms with Gasteiger partial charge < -0.3 is 14.5 Å². The van der Waals surface area contributed by atoms with Crippen molar-refractivity contribution in [3.8, 4) is 17.1 Å². The largest absolute Gasteiger partial charge is 0.493 e. The molecule has 13 heteroatoms. The molecule has 0 amide bonds. The van der Waals surface area contributed by atoms with Gasteiger partial charge in [0.05, 0.1) is 28.3 Å². The molecule has 40 heavy (non-hydrogen) atoms. The maximum absolute atomic E-state index is 13.4. The molecule has 0 saturated heterocycles. The Morgan fingerprint density at radius 3 is 2.65 bits per heavy atom. The van der Waals surface area contributed by atoms with Crippen molar-refractivity contribution in [3.63, 3.8) is 0 Å². The Hall–Kier alpha value is -4.10. The molecule has 212 valence electrons. The zero-order chi connectivity index (χ0) is 28.9. The molecule has 4 rings (SSSR count). The summed E-state index contributed by atoms with van der Waals surface area (Å²) in [6.45, 7) is 4.13. The van der Waals surface area contributed by atoms with Gasteiger partial charge in [-0.1, -0.05) is 20.3 Å². The topological polar surface area (TPSA) is 149 Å². The molecule has 12 nitrogen and oxygen atoms in total. The number of rotatable bonds is 12. The van der Waals surface area contributed by atoms with Crippen LogP contribution in [0.3, 0.4) is 0 Å². The van der Waals surface area contributed by atoms with Gasteiger partial charge in [0.2, 0.25) is 10.0 Å². The molecular formula is C27H32N6O6S. The number of aromatic amines is 1. The Morgan fingerprint density at radius 1 is 1.15 bits per heavy atom. The first-order chi connectivity index (χ1) is 19.2. The summed E-state index contributed by atoms with van der Waals surface area (Å²) in [7, 11) is -0.915. The number of likely N-dealkylation sites (N-methyl/N-ethyl adjacent to an activating group) is 1. The Bertz CT molecular complexity index is 1670. The minimum absolute atomic E-state index is 0.0323. The van der Waals surface area contributed by atoms with Crippen LogP contribution in [0.5, 0.6) is 5.75 Å². The maximum Gasteiger partial charge on any atom is 0.339 e. The minimum atomic E-state index is -4.00. The predicted molar refractivity (Wildman–Crippen MR) is 149 cm³/mol. The molecule has 0 aliphatic rings. The SMILES string of the molecule is CCCOc1ccc(S(=O)(=O)N(C)CCOC(=O)c2cccnc2)cc1-c1nc2c(CCC)nn(C)c2c(=O)[nH]1. The zero-order valence-corrected chi connectivity index (χ0v) is 23.7. The third kappa shape index (κ3) is 6.05. The highest BCUT2D eigenvalue weighted by molar-refractivity contribution is 7.89. The summed E-state index contributed by atoms with van der Waals surface area (Å²) < 4.78 is 40.6. The van der Waals surface area contributed by atoms with E-state index >= 15 is 0 Å². The molecule has 0 fully saturated rings. The molecule has 0 spiro atoms. The lowest BCUT2D eigenvalue weighted by atomic mass is 10.1. The molecule has 0 aliphatic carbocycles. The number of pyridine rings is 1. The number of carbonyl (C=O) groups excluding carboxylic acids is 1. The highest BCUT2D eigenvalue weighted by atomic mass is 32.2. The van der Waals surface area contributed by atoms with Gasteiger partial charge in [0.1, 0.15) is 23.7 Å². The van der Waals surface area contributed by atoms with Crippen LogP contribution in [-0.2, 0) is 28.2 Å². The number of nitrogens with zero attached hydrogens (tertiary/aromatic N) is 5. The first-order valence-corrected chi connectivity index (χ1v) is 14.4. The summed E-state index contributed by atoms with van der Waals surface area (Å²) in [6, 6.07) is 7.58. The van der Waals surface area contributed by atoms with Crippen LogP contribution in [-0.4, -0.2) is 70.2 Å². The molecule has 1 aromatic carbocycles. The number of esters is 1. The fraction of sp³-hybridized carbons (Fsp3) is 0.370. The molecule has 1 N–H and O–H groups in total. The van der Waals surface area contributed by atoms with E-state index in [2.05, 4.69) is 15.1 Å². The van der Waals surface area contributed by atoms with Crippen molar-refractivity contribution in [2.75, 3.05) is 26.8 Å². The number of hydrogen-bond acceptors (Lipinski definition) is 9. The van der Waals surface area contributed by atoms with Gasteiger partial charge in [0, 0.05) is 33.0 Å². The van der Waals surface area contributed by atoms with Crippen LogP contribution in [0.15, 0.2) is 52.4 Å². The number of nitrogens with one attached hydrogen (secondary N) is 1. The average Bonchev–Trinajstić information content (AvgIpc) is 3.27. The molecule has 0 aliphatic heterocycles. The average molecular weight is 569 g/mol. The third-order valence-electron chi connectivity index (χ3n) is 6.16. The van der Waals surface area contributed by atoms with E-state index in [-0.39, 0.29) is 35.0 Å². The number of carbonyl (C=O) groups is 1. The van der Waals surface area contributed by atoms with E-state index in [1.165, 1.54) is 36.3 Å². The van der Waals surface area contributed by atoms with Gasteiger partial charge in [-0.05, 0) is 43.2 Å². The summed E-state index contributed by atoms with van der Waals surface area (Å²) in [6.07, 6.45) is 5.09. The molecule has 0 bridgehead atoms. The maximum atomic E-state index is 13.4. The molecule has 0 unspecified atom stereocenters. The fourth-order valence-electron chi connectivity index (χ4n) is 4.11. The van der Waals surface area contributed by atoms with Crippen molar-refractivity contribution in [1.29, 1.82) is 0 Å². The van der Waals surface area contributed by atoms with Gasteiger partial charge in [-0.3, -0.25) is 14.5 Å². The standard InChI is InChI=1S/C27H32N6O6S/c1-5-8-21-23-24(33(4)31-21)26(34)30-25(29-23)20-16-19(10-11-22(20)38-14-6-2)40(36,37)32(3)13-15-39-27(35)18-9-7-12-28-17-18/h7,9-12,16-17H,5-6,8,13-15H2,1-4H3,(H,29,30,34). The minimum Gasteiger partial charge on any atom is -0.493 e. The predicted octanol–water partition coefficient (Wildman–Crippen LogP) is 2.94. The Morgan fingerprint density at radius 2 is 1.95 bits per heavy atom. The Labute approximate surface area is 232 Å². The van der Waals surface area contributed by atoms with Gasteiger partial charge in [0.15, 0.2) is 5.52 Å². The van der Waals surface area contributed by atoms with E-state index in [9.17, 15) is 18.0 Å². The van der Waals surface area contributed by atoms with Crippen molar-refractivity contribution in [2.24, 2.45) is 7.05 Å². The molecular weight excluding hydrogens is 536 g/mol. The number of aromatic nitrogens is 5. The molecule has 4 aromatic rings. The van der Waals surface area contributed by atoms with Gasteiger partial charge in [-0.2, -0.15) is 9.40 Å².